The average Bonchev–Trinajstić information content (AvgIpc) is 3.17. The van der Waals surface area contributed by atoms with Gasteiger partial charge in [0.1, 0.15) is 42.7 Å². The Morgan fingerprint density at radius 1 is 0.564 bits per heavy atom. The van der Waals surface area contributed by atoms with E-state index in [1.807, 2.05) is 0 Å². The molecule has 0 aliphatic heterocycles. The fourth-order valence-electron chi connectivity index (χ4n) is 6.82. The molecule has 6 unspecified atom stereocenters. The Balaban J connectivity index is 2.38. The van der Waals surface area contributed by atoms with E-state index < -0.39 is 63.1 Å². The van der Waals surface area contributed by atoms with E-state index in [1.165, 1.54) is 116 Å². The van der Waals surface area contributed by atoms with Crippen molar-refractivity contribution < 1.29 is 58.3 Å². The zero-order valence-electron chi connectivity index (χ0n) is 34.5. The molecular weight excluding hydrogens is 727 g/mol. The molecule has 55 heavy (non-hydrogen) atoms. The summed E-state index contributed by atoms with van der Waals surface area (Å²) in [5, 5.41) is 50.0. The lowest BCUT2D eigenvalue weighted by Gasteiger charge is -2.41. The summed E-state index contributed by atoms with van der Waals surface area (Å²) in [4.78, 5) is 23.1. The van der Waals surface area contributed by atoms with Crippen LogP contribution in [-0.2, 0) is 27.9 Å². The predicted octanol–water partition coefficient (Wildman–Crippen LogP) is 8.36. The largest absolute Gasteiger partial charge is 0.472 e. The molecule has 6 atom stereocenters. The maximum atomic E-state index is 12.8. The number of carbonyl (C=O) groups is 1. The van der Waals surface area contributed by atoms with Crippen LogP contribution in [0.3, 0.4) is 0 Å². The molecule has 1 fully saturated rings. The molecule has 0 bridgehead atoms. The van der Waals surface area contributed by atoms with E-state index in [0.29, 0.717) is 13.0 Å². The number of allylic oxidation sites excluding steroid dienone is 2. The van der Waals surface area contributed by atoms with Crippen LogP contribution >= 0.6 is 7.82 Å². The first-order chi connectivity index (χ1) is 26.5. The Bertz CT molecular complexity index is 968. The van der Waals surface area contributed by atoms with Crippen molar-refractivity contribution in [3.05, 3.63) is 12.2 Å². The van der Waals surface area contributed by atoms with Gasteiger partial charge in [0.25, 0.3) is 0 Å². The summed E-state index contributed by atoms with van der Waals surface area (Å²) in [6.45, 7) is 4.24. The summed E-state index contributed by atoms with van der Waals surface area (Å²) in [6.07, 6.45) is 22.9. The maximum Gasteiger partial charge on any atom is 0.472 e. The quantitative estimate of drug-likeness (QED) is 0.0152. The van der Waals surface area contributed by atoms with E-state index >= 15 is 0 Å². The first kappa shape index (κ1) is 52.1. The number of ether oxygens (including phenoxy) is 2. The highest BCUT2D eigenvalue weighted by Crippen LogP contribution is 2.47. The van der Waals surface area contributed by atoms with E-state index in [1.54, 1.807) is 0 Å². The van der Waals surface area contributed by atoms with Gasteiger partial charge in [-0.05, 0) is 38.5 Å². The van der Waals surface area contributed by atoms with Gasteiger partial charge in [-0.15, -0.1) is 0 Å². The van der Waals surface area contributed by atoms with Gasteiger partial charge in [0.2, 0.25) is 0 Å². The molecule has 12 nitrogen and oxygen atoms in total. The molecule has 6 N–H and O–H groups in total. The van der Waals surface area contributed by atoms with Crippen LogP contribution in [0, 0.1) is 0 Å². The number of phosphoric acid groups is 1. The third-order valence-corrected chi connectivity index (χ3v) is 11.4. The second kappa shape index (κ2) is 34.0. The molecule has 13 heteroatoms. The molecule has 0 aromatic rings. The summed E-state index contributed by atoms with van der Waals surface area (Å²) in [7, 11) is -5.01. The Labute approximate surface area is 333 Å². The lowest BCUT2D eigenvalue weighted by Crippen LogP contribution is -2.64. The molecule has 1 saturated carbocycles. The van der Waals surface area contributed by atoms with Gasteiger partial charge < -0.3 is 39.9 Å². The topological polar surface area (TPSA) is 192 Å². The number of hydrogen-bond donors (Lipinski definition) is 6. The fourth-order valence-corrected chi connectivity index (χ4v) is 7.79. The molecule has 0 aromatic heterocycles. The van der Waals surface area contributed by atoms with Crippen LogP contribution in [0.5, 0.6) is 0 Å². The van der Waals surface area contributed by atoms with Crippen LogP contribution in [0.4, 0.5) is 0 Å². The van der Waals surface area contributed by atoms with E-state index in [4.69, 9.17) is 18.5 Å². The summed E-state index contributed by atoms with van der Waals surface area (Å²) in [5.74, 6) is -0.480. The molecule has 1 aliphatic carbocycles. The third kappa shape index (κ3) is 26.7. The zero-order chi connectivity index (χ0) is 40.6. The maximum absolute atomic E-state index is 12.8. The van der Waals surface area contributed by atoms with Gasteiger partial charge in [-0.25, -0.2) is 4.57 Å². The summed E-state index contributed by atoms with van der Waals surface area (Å²) in [5.41, 5.74) is 0. The summed E-state index contributed by atoms with van der Waals surface area (Å²) < 4.78 is 34.1. The molecule has 0 amide bonds. The summed E-state index contributed by atoms with van der Waals surface area (Å²) >= 11 is 0. The molecule has 0 radical (unpaired) electrons. The average molecular weight is 809 g/mol. The standard InChI is InChI=1S/C42H81O12P/c1-3-5-7-9-11-13-15-16-17-18-19-20-21-22-23-25-27-29-31-36(43)53-35(33-51-32-30-28-26-24-14-12-10-8-6-4-2)34-52-55(49,50)54-42-40(47)38(45)37(44)39(46)41(42)48/h17-18,35,37-42,44-48H,3-16,19-34H2,1-2H3,(H,49,50)/b18-17-. The number of phosphoric ester groups is 1. The van der Waals surface area contributed by atoms with Crippen molar-refractivity contribution in [2.24, 2.45) is 0 Å². The second-order valence-corrected chi connectivity index (χ2v) is 17.0. The Kier molecular flexibility index (Phi) is 32.2. The lowest BCUT2D eigenvalue weighted by atomic mass is 9.85. The van der Waals surface area contributed by atoms with Crippen molar-refractivity contribution in [3.8, 4) is 0 Å². The zero-order valence-corrected chi connectivity index (χ0v) is 35.4. The first-order valence-electron chi connectivity index (χ1n) is 22.0. The highest BCUT2D eigenvalue weighted by atomic mass is 31.2. The van der Waals surface area contributed by atoms with Crippen molar-refractivity contribution in [3.63, 3.8) is 0 Å². The molecular formula is C42H81O12P. The van der Waals surface area contributed by atoms with Crippen molar-refractivity contribution in [2.75, 3.05) is 19.8 Å². The third-order valence-electron chi connectivity index (χ3n) is 10.4. The smallest absolute Gasteiger partial charge is 0.457 e. The van der Waals surface area contributed by atoms with Crippen molar-refractivity contribution in [2.45, 2.75) is 230 Å². The van der Waals surface area contributed by atoms with Crippen molar-refractivity contribution in [1.82, 2.24) is 0 Å². The predicted molar refractivity (Wildman–Crippen MR) is 217 cm³/mol. The normalized spacial score (nSPS) is 23.3. The summed E-state index contributed by atoms with van der Waals surface area (Å²) in [6, 6.07) is 0. The Morgan fingerprint density at radius 2 is 0.964 bits per heavy atom. The fraction of sp³-hybridized carbons (Fsp3) is 0.929. The minimum absolute atomic E-state index is 0.0736. The van der Waals surface area contributed by atoms with Crippen LogP contribution in [-0.4, -0.2) is 98.9 Å². The van der Waals surface area contributed by atoms with Gasteiger partial charge in [0.05, 0.1) is 13.2 Å². The van der Waals surface area contributed by atoms with Crippen molar-refractivity contribution >= 4 is 13.8 Å². The highest BCUT2D eigenvalue weighted by Gasteiger charge is 2.51. The van der Waals surface area contributed by atoms with E-state index in [9.17, 15) is 39.8 Å². The minimum atomic E-state index is -5.01. The number of carbonyl (C=O) groups excluding carboxylic acids is 1. The van der Waals surface area contributed by atoms with Gasteiger partial charge in [-0.1, -0.05) is 154 Å². The number of aliphatic hydroxyl groups excluding tert-OH is 5. The molecule has 326 valence electrons. The van der Waals surface area contributed by atoms with Crippen LogP contribution in [0.1, 0.15) is 187 Å². The molecule has 0 saturated heterocycles. The minimum Gasteiger partial charge on any atom is -0.457 e. The van der Waals surface area contributed by atoms with Gasteiger partial charge in [-0.2, -0.15) is 0 Å². The lowest BCUT2D eigenvalue weighted by molar-refractivity contribution is -0.220. The number of unbranched alkanes of at least 4 members (excludes halogenated alkanes) is 23. The Morgan fingerprint density at radius 3 is 1.44 bits per heavy atom. The van der Waals surface area contributed by atoms with Crippen LogP contribution < -0.4 is 0 Å². The molecule has 1 rings (SSSR count). The van der Waals surface area contributed by atoms with Crippen LogP contribution in [0.2, 0.25) is 0 Å². The number of esters is 1. The van der Waals surface area contributed by atoms with Crippen LogP contribution in [0.15, 0.2) is 12.2 Å². The molecule has 1 aliphatic rings. The second-order valence-electron chi connectivity index (χ2n) is 15.6. The molecule has 0 aromatic carbocycles. The molecule has 0 spiro atoms. The monoisotopic (exact) mass is 809 g/mol. The first-order valence-corrected chi connectivity index (χ1v) is 23.5. The highest BCUT2D eigenvalue weighted by molar-refractivity contribution is 7.47. The van der Waals surface area contributed by atoms with E-state index in [0.717, 1.165) is 44.9 Å². The van der Waals surface area contributed by atoms with Gasteiger partial charge in [0, 0.05) is 13.0 Å². The number of rotatable bonds is 37. The SMILES string of the molecule is CCCCCCCCC/C=C\CCCCCCCCCC(=O)OC(COCCCCCCCCCCCC)COP(=O)(O)OC1C(O)C(O)C(O)C(O)C1O. The number of hydrogen-bond acceptors (Lipinski definition) is 11. The van der Waals surface area contributed by atoms with Gasteiger partial charge in [-0.3, -0.25) is 13.8 Å². The van der Waals surface area contributed by atoms with Gasteiger partial charge >= 0.3 is 13.8 Å². The number of aliphatic hydroxyl groups is 5. The van der Waals surface area contributed by atoms with Crippen molar-refractivity contribution in [1.29, 1.82) is 0 Å². The van der Waals surface area contributed by atoms with Gasteiger partial charge in [0.15, 0.2) is 0 Å². The van der Waals surface area contributed by atoms with E-state index in [2.05, 4.69) is 26.0 Å². The molecule has 0 heterocycles. The Hall–Kier alpha value is -0.920. The van der Waals surface area contributed by atoms with E-state index in [-0.39, 0.29) is 13.0 Å². The van der Waals surface area contributed by atoms with Crippen LogP contribution in [0.25, 0.3) is 0 Å².